The molecule has 0 aliphatic carbocycles. The van der Waals surface area contributed by atoms with Crippen LogP contribution in [-0.2, 0) is 0 Å². The van der Waals surface area contributed by atoms with Crippen LogP contribution in [0.15, 0.2) is 18.2 Å². The molecular formula is C16H25ClO. The van der Waals surface area contributed by atoms with Gasteiger partial charge in [0.15, 0.2) is 0 Å². The molecule has 2 heteroatoms. The van der Waals surface area contributed by atoms with Crippen LogP contribution in [0.2, 0.25) is 0 Å². The first-order valence-corrected chi connectivity index (χ1v) is 6.98. The number of hydrogen-bond donors (Lipinski definition) is 0. The summed E-state index contributed by atoms with van der Waals surface area (Å²) in [5.74, 6) is 1.45. The van der Waals surface area contributed by atoms with Gasteiger partial charge in [-0.1, -0.05) is 45.4 Å². The van der Waals surface area contributed by atoms with Crippen molar-refractivity contribution in [3.8, 4) is 5.75 Å². The Morgan fingerprint density at radius 1 is 1.28 bits per heavy atom. The second-order valence-electron chi connectivity index (χ2n) is 6.22. The molecule has 0 bridgehead atoms. The summed E-state index contributed by atoms with van der Waals surface area (Å²) in [6, 6.07) is 6.19. The fourth-order valence-corrected chi connectivity index (χ4v) is 2.33. The fraction of sp³-hybridized carbons (Fsp3) is 0.625. The Labute approximate surface area is 116 Å². The summed E-state index contributed by atoms with van der Waals surface area (Å²) in [6.45, 7) is 11.1. The highest BCUT2D eigenvalue weighted by Gasteiger charge is 2.24. The van der Waals surface area contributed by atoms with Gasteiger partial charge >= 0.3 is 0 Å². The van der Waals surface area contributed by atoms with Gasteiger partial charge in [0, 0.05) is 5.56 Å². The summed E-state index contributed by atoms with van der Waals surface area (Å²) < 4.78 is 5.40. The number of alkyl halides is 1. The van der Waals surface area contributed by atoms with Crippen molar-refractivity contribution in [1.29, 1.82) is 0 Å². The Balaban J connectivity index is 2.90. The predicted octanol–water partition coefficient (Wildman–Crippen LogP) is 5.36. The van der Waals surface area contributed by atoms with Gasteiger partial charge in [-0.05, 0) is 30.7 Å². The van der Waals surface area contributed by atoms with E-state index >= 15 is 0 Å². The molecule has 1 nitrogen and oxygen atoms in total. The summed E-state index contributed by atoms with van der Waals surface area (Å²) in [5.41, 5.74) is 2.61. The van der Waals surface area contributed by atoms with Crippen molar-refractivity contribution in [3.05, 3.63) is 29.3 Å². The zero-order valence-corrected chi connectivity index (χ0v) is 13.1. The van der Waals surface area contributed by atoms with Crippen molar-refractivity contribution in [2.75, 3.05) is 7.11 Å². The molecule has 0 aliphatic rings. The summed E-state index contributed by atoms with van der Waals surface area (Å²) in [4.78, 5) is 0. The molecule has 18 heavy (non-hydrogen) atoms. The largest absolute Gasteiger partial charge is 0.496 e. The van der Waals surface area contributed by atoms with Crippen LogP contribution in [0.3, 0.4) is 0 Å². The minimum Gasteiger partial charge on any atom is -0.496 e. The molecule has 0 amide bonds. The number of halogens is 1. The molecule has 0 radical (unpaired) electrons. The van der Waals surface area contributed by atoms with E-state index in [-0.39, 0.29) is 10.8 Å². The van der Waals surface area contributed by atoms with Crippen molar-refractivity contribution in [2.45, 2.75) is 46.4 Å². The van der Waals surface area contributed by atoms with Crippen LogP contribution in [-0.4, -0.2) is 7.11 Å². The van der Waals surface area contributed by atoms with Gasteiger partial charge in [0.25, 0.3) is 0 Å². The maximum absolute atomic E-state index is 6.58. The van der Waals surface area contributed by atoms with Gasteiger partial charge in [-0.2, -0.15) is 0 Å². The van der Waals surface area contributed by atoms with Crippen molar-refractivity contribution < 1.29 is 4.74 Å². The number of rotatable bonds is 4. The van der Waals surface area contributed by atoms with Gasteiger partial charge < -0.3 is 4.74 Å². The third-order valence-electron chi connectivity index (χ3n) is 3.76. The first-order valence-electron chi connectivity index (χ1n) is 6.54. The molecule has 0 spiro atoms. The van der Waals surface area contributed by atoms with Crippen molar-refractivity contribution in [3.63, 3.8) is 0 Å². The molecule has 1 rings (SSSR count). The number of methoxy groups -OCH3 is 1. The molecule has 0 aromatic heterocycles. The Morgan fingerprint density at radius 2 is 1.89 bits per heavy atom. The molecular weight excluding hydrogens is 244 g/mol. The van der Waals surface area contributed by atoms with Gasteiger partial charge in [0.1, 0.15) is 5.75 Å². The lowest BCUT2D eigenvalue weighted by atomic mass is 9.78. The minimum absolute atomic E-state index is 0.00840. The Hall–Kier alpha value is -0.690. The first-order chi connectivity index (χ1) is 8.25. The van der Waals surface area contributed by atoms with Crippen molar-refractivity contribution >= 4 is 11.6 Å². The van der Waals surface area contributed by atoms with E-state index in [0.717, 1.165) is 17.7 Å². The van der Waals surface area contributed by atoms with Crippen LogP contribution in [0.5, 0.6) is 5.75 Å². The highest BCUT2D eigenvalue weighted by Crippen LogP contribution is 2.39. The van der Waals surface area contributed by atoms with Gasteiger partial charge in [-0.15, -0.1) is 11.6 Å². The van der Waals surface area contributed by atoms with E-state index in [1.54, 1.807) is 7.11 Å². The Morgan fingerprint density at radius 3 is 2.39 bits per heavy atom. The molecule has 0 fully saturated rings. The van der Waals surface area contributed by atoms with Crippen molar-refractivity contribution in [1.82, 2.24) is 0 Å². The topological polar surface area (TPSA) is 9.23 Å². The second kappa shape index (κ2) is 5.97. The molecule has 2 unspecified atom stereocenters. The van der Waals surface area contributed by atoms with E-state index in [2.05, 4.69) is 46.8 Å². The van der Waals surface area contributed by atoms with Crippen LogP contribution in [0.25, 0.3) is 0 Å². The van der Waals surface area contributed by atoms with E-state index in [1.165, 1.54) is 5.56 Å². The van der Waals surface area contributed by atoms with Crippen LogP contribution >= 0.6 is 11.6 Å². The average Bonchev–Trinajstić information content (AvgIpc) is 2.27. The fourth-order valence-electron chi connectivity index (χ4n) is 1.89. The maximum atomic E-state index is 6.58. The van der Waals surface area contributed by atoms with Gasteiger partial charge in [-0.3, -0.25) is 0 Å². The monoisotopic (exact) mass is 268 g/mol. The van der Waals surface area contributed by atoms with E-state index in [9.17, 15) is 0 Å². The lowest BCUT2D eigenvalue weighted by Gasteiger charge is -2.29. The second-order valence-corrected chi connectivity index (χ2v) is 6.74. The number of ether oxygens (including phenoxy) is 1. The molecule has 2 atom stereocenters. The third kappa shape index (κ3) is 3.91. The van der Waals surface area contributed by atoms with Crippen molar-refractivity contribution in [2.24, 2.45) is 11.3 Å². The molecule has 0 heterocycles. The number of hydrogen-bond acceptors (Lipinski definition) is 1. The summed E-state index contributed by atoms with van der Waals surface area (Å²) in [6.07, 6.45) is 0.963. The molecule has 102 valence electrons. The summed E-state index contributed by atoms with van der Waals surface area (Å²) in [7, 11) is 1.70. The van der Waals surface area contributed by atoms with Crippen LogP contribution in [0.4, 0.5) is 0 Å². The SMILES string of the molecule is COc1ccc(C)cc1C(Cl)CC(C)C(C)(C)C. The van der Waals surface area contributed by atoms with E-state index in [4.69, 9.17) is 16.3 Å². The smallest absolute Gasteiger partial charge is 0.123 e. The first kappa shape index (κ1) is 15.4. The molecule has 0 aliphatic heterocycles. The molecule has 1 aromatic rings. The molecule has 1 aromatic carbocycles. The van der Waals surface area contributed by atoms with Crippen LogP contribution < -0.4 is 4.74 Å². The van der Waals surface area contributed by atoms with Gasteiger partial charge in [-0.25, -0.2) is 0 Å². The quantitative estimate of drug-likeness (QED) is 0.669. The van der Waals surface area contributed by atoms with E-state index in [1.807, 2.05) is 6.07 Å². The van der Waals surface area contributed by atoms with Gasteiger partial charge in [0.2, 0.25) is 0 Å². The summed E-state index contributed by atoms with van der Waals surface area (Å²) in [5, 5.41) is 0.00840. The molecule has 0 saturated carbocycles. The highest BCUT2D eigenvalue weighted by molar-refractivity contribution is 6.21. The summed E-state index contributed by atoms with van der Waals surface area (Å²) >= 11 is 6.58. The minimum atomic E-state index is 0.00840. The van der Waals surface area contributed by atoms with Crippen LogP contribution in [0, 0.1) is 18.3 Å². The lowest BCUT2D eigenvalue weighted by Crippen LogP contribution is -2.18. The van der Waals surface area contributed by atoms with Crippen LogP contribution in [0.1, 0.15) is 50.6 Å². The molecule has 0 N–H and O–H groups in total. The highest BCUT2D eigenvalue weighted by atomic mass is 35.5. The third-order valence-corrected chi connectivity index (χ3v) is 4.17. The molecule has 0 saturated heterocycles. The normalized spacial score (nSPS) is 15.3. The average molecular weight is 269 g/mol. The lowest BCUT2D eigenvalue weighted by molar-refractivity contribution is 0.244. The van der Waals surface area contributed by atoms with Gasteiger partial charge in [0.05, 0.1) is 12.5 Å². The predicted molar refractivity (Wildman–Crippen MR) is 79.6 cm³/mol. The zero-order chi connectivity index (χ0) is 13.9. The maximum Gasteiger partial charge on any atom is 0.123 e. The Bertz CT molecular complexity index is 393. The van der Waals surface area contributed by atoms with E-state index < -0.39 is 0 Å². The zero-order valence-electron chi connectivity index (χ0n) is 12.4. The Kier molecular flexibility index (Phi) is 5.10. The number of benzene rings is 1. The number of aryl methyl sites for hydroxylation is 1. The standard InChI is InChI=1S/C16H25ClO/c1-11-7-8-15(18-6)13(9-11)14(17)10-12(2)16(3,4)5/h7-9,12,14H,10H2,1-6H3. The van der Waals surface area contributed by atoms with E-state index in [0.29, 0.717) is 5.92 Å².